The van der Waals surface area contributed by atoms with Gasteiger partial charge in [0.25, 0.3) is 8.32 Å². The molecule has 1 heterocycles. The summed E-state index contributed by atoms with van der Waals surface area (Å²) in [4.78, 5) is 12.9. The number of amides is 1. The monoisotopic (exact) mass is 413 g/mol. The molecule has 2 aromatic carbocycles. The molecule has 0 aliphatic carbocycles. The molecule has 29 heavy (non-hydrogen) atoms. The molecule has 0 aromatic heterocycles. The smallest absolute Gasteiger partial charge is 0.409 e. The van der Waals surface area contributed by atoms with Crippen molar-refractivity contribution in [3.8, 4) is 0 Å². The molecule has 1 saturated heterocycles. The lowest BCUT2D eigenvalue weighted by molar-refractivity contribution is -0.0505. The van der Waals surface area contributed by atoms with Gasteiger partial charge in [-0.25, -0.2) is 4.79 Å². The predicted molar refractivity (Wildman–Crippen MR) is 117 cm³/mol. The number of piperidine rings is 1. The van der Waals surface area contributed by atoms with Crippen LogP contribution in [0.15, 0.2) is 60.7 Å². The molecule has 0 bridgehead atoms. The molecule has 156 valence electrons. The van der Waals surface area contributed by atoms with E-state index in [0.717, 1.165) is 16.8 Å². The summed E-state index contributed by atoms with van der Waals surface area (Å²) in [6.45, 7) is 6.87. The lowest BCUT2D eigenvalue weighted by atomic mass is 10.0. The van der Waals surface area contributed by atoms with Gasteiger partial charge in [-0.05, 0) is 34.7 Å². The third-order valence-electron chi connectivity index (χ3n) is 5.84. The molecule has 0 radical (unpaired) electrons. The molecular weight excluding hydrogens is 382 g/mol. The molecule has 3 rings (SSSR count). The second-order valence-corrected chi connectivity index (χ2v) is 13.0. The van der Waals surface area contributed by atoms with Crippen molar-refractivity contribution in [3.63, 3.8) is 0 Å². The van der Waals surface area contributed by atoms with Gasteiger partial charge < -0.3 is 14.6 Å². The van der Waals surface area contributed by atoms with E-state index in [4.69, 9.17) is 4.43 Å². The summed E-state index contributed by atoms with van der Waals surface area (Å²) in [6.07, 6.45) is -0.0919. The number of likely N-dealkylation sites (tertiary alicyclic amines) is 1. The van der Waals surface area contributed by atoms with E-state index in [9.17, 15) is 15.0 Å². The van der Waals surface area contributed by atoms with Crippen molar-refractivity contribution in [1.29, 1.82) is 0 Å². The molecule has 2 aromatic rings. The van der Waals surface area contributed by atoms with Gasteiger partial charge in [-0.1, -0.05) is 81.4 Å². The van der Waals surface area contributed by atoms with E-state index >= 15 is 0 Å². The number of benzene rings is 2. The van der Waals surface area contributed by atoms with E-state index in [2.05, 4.69) is 45.0 Å². The molecule has 1 amide bonds. The predicted octanol–water partition coefficient (Wildman–Crippen LogP) is 3.41. The number of carboxylic acid groups (broad SMARTS) is 1. The van der Waals surface area contributed by atoms with Gasteiger partial charge in [-0.2, -0.15) is 0 Å². The second kappa shape index (κ2) is 8.69. The quantitative estimate of drug-likeness (QED) is 0.737. The van der Waals surface area contributed by atoms with Gasteiger partial charge in [0.05, 0.1) is 12.6 Å². The molecule has 5 nitrogen and oxygen atoms in total. The van der Waals surface area contributed by atoms with Crippen LogP contribution in [-0.2, 0) is 4.43 Å². The Labute approximate surface area is 174 Å². The highest BCUT2D eigenvalue weighted by Gasteiger charge is 2.51. The van der Waals surface area contributed by atoms with Gasteiger partial charge in [0.1, 0.15) is 6.23 Å². The minimum Gasteiger partial charge on any atom is -0.465 e. The molecule has 6 heteroatoms. The first-order valence-electron chi connectivity index (χ1n) is 10.2. The maximum atomic E-state index is 11.8. The summed E-state index contributed by atoms with van der Waals surface area (Å²) in [6, 6.07) is 20.3. The number of aliphatic hydroxyl groups is 1. The Balaban J connectivity index is 2.03. The second-order valence-electron chi connectivity index (χ2n) is 8.73. The minimum absolute atomic E-state index is 0.170. The first kappa shape index (κ1) is 21.6. The van der Waals surface area contributed by atoms with Gasteiger partial charge in [-0.3, -0.25) is 4.90 Å². The third kappa shape index (κ3) is 4.24. The van der Waals surface area contributed by atoms with Crippen LogP contribution in [-0.4, -0.2) is 48.4 Å². The molecule has 2 atom stereocenters. The van der Waals surface area contributed by atoms with Crippen molar-refractivity contribution in [2.75, 3.05) is 6.61 Å². The number of nitrogens with zero attached hydrogens (tertiary/aromatic N) is 1. The van der Waals surface area contributed by atoms with Crippen molar-refractivity contribution >= 4 is 24.8 Å². The van der Waals surface area contributed by atoms with Crippen molar-refractivity contribution in [2.45, 2.75) is 57.3 Å². The fourth-order valence-electron chi connectivity index (χ4n) is 4.49. The normalized spacial score (nSPS) is 20.5. The van der Waals surface area contributed by atoms with Crippen molar-refractivity contribution in [3.05, 3.63) is 60.7 Å². The van der Waals surface area contributed by atoms with E-state index in [1.807, 2.05) is 36.4 Å². The zero-order chi connectivity index (χ0) is 21.1. The van der Waals surface area contributed by atoms with Crippen LogP contribution in [0.25, 0.3) is 0 Å². The van der Waals surface area contributed by atoms with Crippen LogP contribution in [0, 0.1) is 0 Å². The summed E-state index contributed by atoms with van der Waals surface area (Å²) in [5.74, 6) is 0. The Hall–Kier alpha value is -2.15. The Morgan fingerprint density at radius 3 is 2.00 bits per heavy atom. The van der Waals surface area contributed by atoms with Crippen molar-refractivity contribution < 1.29 is 19.4 Å². The highest BCUT2D eigenvalue weighted by atomic mass is 28.4. The first-order valence-corrected chi connectivity index (χ1v) is 12.1. The van der Waals surface area contributed by atoms with E-state index in [-0.39, 0.29) is 17.7 Å². The highest BCUT2D eigenvalue weighted by molar-refractivity contribution is 6.99. The molecule has 1 fully saturated rings. The van der Waals surface area contributed by atoms with Crippen LogP contribution in [0.4, 0.5) is 4.79 Å². The molecule has 0 saturated carbocycles. The topological polar surface area (TPSA) is 70.0 Å². The van der Waals surface area contributed by atoms with Crippen LogP contribution < -0.4 is 10.4 Å². The van der Waals surface area contributed by atoms with Gasteiger partial charge in [0.2, 0.25) is 0 Å². The summed E-state index contributed by atoms with van der Waals surface area (Å²) >= 11 is 0. The van der Waals surface area contributed by atoms with E-state index in [1.54, 1.807) is 0 Å². The Morgan fingerprint density at radius 1 is 1.03 bits per heavy atom. The lowest BCUT2D eigenvalue weighted by Gasteiger charge is -2.45. The number of carbonyl (C=O) groups is 1. The molecule has 2 N–H and O–H groups in total. The zero-order valence-corrected chi connectivity index (χ0v) is 18.4. The average Bonchev–Trinajstić information content (AvgIpc) is 2.69. The van der Waals surface area contributed by atoms with E-state index < -0.39 is 20.6 Å². The van der Waals surface area contributed by atoms with Crippen molar-refractivity contribution in [2.24, 2.45) is 0 Å². The summed E-state index contributed by atoms with van der Waals surface area (Å²) in [5.41, 5.74) is 0. The van der Waals surface area contributed by atoms with Gasteiger partial charge in [0, 0.05) is 0 Å². The zero-order valence-electron chi connectivity index (χ0n) is 17.4. The number of hydrogen-bond acceptors (Lipinski definition) is 3. The standard InChI is InChI=1S/C23H31NO4Si/c1-23(2,3)29(19-12-6-4-7-13-19,20-14-8-5-9-15-20)28-17-18-11-10-16-21(25)24(18)22(26)27/h4-9,12-15,18,21,25H,10-11,16-17H2,1-3H3,(H,26,27). The van der Waals surface area contributed by atoms with Crippen LogP contribution in [0.5, 0.6) is 0 Å². The van der Waals surface area contributed by atoms with Crippen molar-refractivity contribution in [1.82, 2.24) is 4.90 Å². The van der Waals surface area contributed by atoms with E-state index in [0.29, 0.717) is 12.8 Å². The highest BCUT2D eigenvalue weighted by Crippen LogP contribution is 2.37. The average molecular weight is 414 g/mol. The number of rotatable bonds is 5. The molecule has 0 spiro atoms. The lowest BCUT2D eigenvalue weighted by Crippen LogP contribution is -2.67. The summed E-state index contributed by atoms with van der Waals surface area (Å²) < 4.78 is 6.86. The minimum atomic E-state index is -2.72. The largest absolute Gasteiger partial charge is 0.465 e. The Morgan fingerprint density at radius 2 is 1.55 bits per heavy atom. The number of hydrogen-bond donors (Lipinski definition) is 2. The maximum Gasteiger partial charge on any atom is 0.409 e. The maximum absolute atomic E-state index is 11.8. The molecule has 1 aliphatic heterocycles. The Bertz CT molecular complexity index is 767. The van der Waals surface area contributed by atoms with Gasteiger partial charge in [0.15, 0.2) is 0 Å². The van der Waals surface area contributed by atoms with Crippen LogP contribution >= 0.6 is 0 Å². The third-order valence-corrected chi connectivity index (χ3v) is 10.8. The Kier molecular flexibility index (Phi) is 6.46. The summed E-state index contributed by atoms with van der Waals surface area (Å²) in [5, 5.41) is 22.0. The van der Waals surface area contributed by atoms with Crippen LogP contribution in [0.2, 0.25) is 5.04 Å². The summed E-state index contributed by atoms with van der Waals surface area (Å²) in [7, 11) is -2.72. The van der Waals surface area contributed by atoms with Crippen LogP contribution in [0.1, 0.15) is 40.0 Å². The molecule has 1 aliphatic rings. The fourth-order valence-corrected chi connectivity index (χ4v) is 9.09. The molecular formula is C23H31NO4Si. The first-order chi connectivity index (χ1) is 13.8. The van der Waals surface area contributed by atoms with E-state index in [1.165, 1.54) is 4.90 Å². The van der Waals surface area contributed by atoms with Gasteiger partial charge in [-0.15, -0.1) is 0 Å². The van der Waals surface area contributed by atoms with Crippen LogP contribution in [0.3, 0.4) is 0 Å². The fraction of sp³-hybridized carbons (Fsp3) is 0.435. The van der Waals surface area contributed by atoms with Gasteiger partial charge >= 0.3 is 6.09 Å². The SMILES string of the molecule is CC(C)(C)[Si](OCC1CCCC(O)N1C(=O)O)(c1ccccc1)c1ccccc1. The molecule has 2 unspecified atom stereocenters. The number of aliphatic hydroxyl groups excluding tert-OH is 1.